The Hall–Kier alpha value is -2.28. The van der Waals surface area contributed by atoms with Crippen molar-refractivity contribution in [3.8, 4) is 11.5 Å². The second-order valence-corrected chi connectivity index (χ2v) is 6.84. The largest absolute Gasteiger partial charge is 0.497 e. The van der Waals surface area contributed by atoms with Gasteiger partial charge in [-0.2, -0.15) is 0 Å². The maximum Gasteiger partial charge on any atom is 0.238 e. The highest BCUT2D eigenvalue weighted by atomic mass is 35.5. The summed E-state index contributed by atoms with van der Waals surface area (Å²) in [6.07, 6.45) is 1.40. The quantitative estimate of drug-likeness (QED) is 0.679. The van der Waals surface area contributed by atoms with E-state index < -0.39 is 0 Å². The molecule has 2 atom stereocenters. The highest BCUT2D eigenvalue weighted by molar-refractivity contribution is 6.30. The van der Waals surface area contributed by atoms with Crippen molar-refractivity contribution in [2.24, 2.45) is 0 Å². The predicted molar refractivity (Wildman–Crippen MR) is 105 cm³/mol. The van der Waals surface area contributed by atoms with Crippen molar-refractivity contribution >= 4 is 17.5 Å². The summed E-state index contributed by atoms with van der Waals surface area (Å²) in [4.78, 5) is 12.4. The Bertz CT molecular complexity index is 783. The van der Waals surface area contributed by atoms with Crippen LogP contribution in [0.15, 0.2) is 42.5 Å². The number of hydrazine groups is 1. The molecule has 7 heteroatoms. The van der Waals surface area contributed by atoms with E-state index in [0.717, 1.165) is 29.0 Å². The Morgan fingerprint density at radius 2 is 1.93 bits per heavy atom. The van der Waals surface area contributed by atoms with Gasteiger partial charge in [-0.15, -0.1) is 0 Å². The molecule has 2 unspecified atom stereocenters. The normalized spacial score (nSPS) is 18.9. The van der Waals surface area contributed by atoms with Gasteiger partial charge in [-0.3, -0.25) is 4.79 Å². The molecule has 2 aromatic rings. The summed E-state index contributed by atoms with van der Waals surface area (Å²) in [6, 6.07) is 13.0. The Labute approximate surface area is 164 Å². The summed E-state index contributed by atoms with van der Waals surface area (Å²) < 4.78 is 10.7. The fourth-order valence-corrected chi connectivity index (χ4v) is 3.27. The Kier molecular flexibility index (Phi) is 6.55. The number of hydrogen-bond acceptors (Lipinski definition) is 5. The van der Waals surface area contributed by atoms with Gasteiger partial charge in [0.1, 0.15) is 17.5 Å². The third-order valence-corrected chi connectivity index (χ3v) is 4.91. The number of benzene rings is 2. The van der Waals surface area contributed by atoms with Gasteiger partial charge in [0.05, 0.1) is 20.3 Å². The average molecular weight is 390 g/mol. The van der Waals surface area contributed by atoms with Gasteiger partial charge in [0.25, 0.3) is 0 Å². The van der Waals surface area contributed by atoms with E-state index in [1.165, 1.54) is 0 Å². The molecule has 144 valence electrons. The number of amides is 1. The third-order valence-electron chi connectivity index (χ3n) is 4.66. The minimum absolute atomic E-state index is 0.0159. The zero-order valence-electron chi connectivity index (χ0n) is 15.4. The zero-order valence-corrected chi connectivity index (χ0v) is 16.2. The molecule has 6 nitrogen and oxygen atoms in total. The number of carbonyl (C=O) groups excluding carboxylic acids is 1. The molecule has 1 aliphatic rings. The van der Waals surface area contributed by atoms with Crippen LogP contribution in [-0.2, 0) is 11.2 Å². The molecule has 0 aliphatic carbocycles. The lowest BCUT2D eigenvalue weighted by atomic mass is 10.0. The van der Waals surface area contributed by atoms with E-state index in [9.17, 15) is 4.79 Å². The van der Waals surface area contributed by atoms with Crippen molar-refractivity contribution in [3.05, 3.63) is 58.6 Å². The van der Waals surface area contributed by atoms with E-state index in [-0.39, 0.29) is 18.0 Å². The number of halogens is 1. The molecule has 2 aromatic carbocycles. The van der Waals surface area contributed by atoms with E-state index in [0.29, 0.717) is 18.0 Å². The molecule has 3 N–H and O–H groups in total. The van der Waals surface area contributed by atoms with Crippen molar-refractivity contribution in [3.63, 3.8) is 0 Å². The number of nitrogens with one attached hydrogen (secondary N) is 3. The van der Waals surface area contributed by atoms with E-state index >= 15 is 0 Å². The number of rotatable bonds is 7. The fraction of sp³-hybridized carbons (Fsp3) is 0.350. The van der Waals surface area contributed by atoms with E-state index in [1.807, 2.05) is 42.5 Å². The second-order valence-electron chi connectivity index (χ2n) is 6.40. The molecule has 0 spiro atoms. The monoisotopic (exact) mass is 389 g/mol. The average Bonchev–Trinajstić information content (AvgIpc) is 3.19. The van der Waals surface area contributed by atoms with Crippen LogP contribution in [0.5, 0.6) is 11.5 Å². The summed E-state index contributed by atoms with van der Waals surface area (Å²) >= 11 is 5.88. The minimum Gasteiger partial charge on any atom is -0.497 e. The first-order chi connectivity index (χ1) is 13.1. The highest BCUT2D eigenvalue weighted by Gasteiger charge is 2.31. The Morgan fingerprint density at radius 3 is 2.63 bits per heavy atom. The van der Waals surface area contributed by atoms with Crippen LogP contribution < -0.4 is 25.6 Å². The molecule has 3 rings (SSSR count). The summed E-state index contributed by atoms with van der Waals surface area (Å²) in [7, 11) is 3.25. The third kappa shape index (κ3) is 4.91. The van der Waals surface area contributed by atoms with Gasteiger partial charge in [-0.25, -0.2) is 10.9 Å². The van der Waals surface area contributed by atoms with Crippen molar-refractivity contribution in [1.82, 2.24) is 16.2 Å². The fourth-order valence-electron chi connectivity index (χ4n) is 3.14. The van der Waals surface area contributed by atoms with Gasteiger partial charge < -0.3 is 14.8 Å². The lowest BCUT2D eigenvalue weighted by Gasteiger charge is -2.15. The Morgan fingerprint density at radius 1 is 1.15 bits per heavy atom. The molecule has 0 bridgehead atoms. The van der Waals surface area contributed by atoms with E-state index in [2.05, 4.69) is 16.2 Å². The standard InChI is InChI=1S/C20H24ClN3O3/c1-26-15-7-8-16(19(11-15)27-2)17-12-18(24-23-17)20(25)22-10-9-13-3-5-14(21)6-4-13/h3-8,11,17-18,23-24H,9-10,12H2,1-2H3,(H,22,25). The first kappa shape index (κ1) is 19.5. The Balaban J connectivity index is 1.52. The smallest absolute Gasteiger partial charge is 0.238 e. The molecular weight excluding hydrogens is 366 g/mol. The van der Waals surface area contributed by atoms with Crippen LogP contribution in [0.3, 0.4) is 0 Å². The lowest BCUT2D eigenvalue weighted by molar-refractivity contribution is -0.122. The van der Waals surface area contributed by atoms with Crippen LogP contribution in [0, 0.1) is 0 Å². The molecule has 0 radical (unpaired) electrons. The summed E-state index contributed by atoms with van der Waals surface area (Å²) in [6.45, 7) is 0.579. The van der Waals surface area contributed by atoms with Crippen molar-refractivity contribution < 1.29 is 14.3 Å². The molecule has 27 heavy (non-hydrogen) atoms. The van der Waals surface area contributed by atoms with Crippen LogP contribution in [0.2, 0.25) is 5.02 Å². The van der Waals surface area contributed by atoms with Crippen LogP contribution >= 0.6 is 11.6 Å². The number of ether oxygens (including phenoxy) is 2. The number of hydrogen-bond donors (Lipinski definition) is 3. The first-order valence-corrected chi connectivity index (χ1v) is 9.23. The SMILES string of the molecule is COc1ccc(C2CC(C(=O)NCCc3ccc(Cl)cc3)NN2)c(OC)c1. The van der Waals surface area contributed by atoms with Gasteiger partial charge in [0.2, 0.25) is 5.91 Å². The maximum atomic E-state index is 12.4. The summed E-state index contributed by atoms with van der Waals surface area (Å²) in [5.74, 6) is 1.45. The van der Waals surface area contributed by atoms with Crippen molar-refractivity contribution in [2.75, 3.05) is 20.8 Å². The topological polar surface area (TPSA) is 71.6 Å². The van der Waals surface area contributed by atoms with Crippen LogP contribution in [0.25, 0.3) is 0 Å². The summed E-state index contributed by atoms with van der Waals surface area (Å²) in [5, 5.41) is 3.69. The molecule has 1 saturated heterocycles. The minimum atomic E-state index is -0.299. The molecule has 1 fully saturated rings. The molecule has 1 aliphatic heterocycles. The van der Waals surface area contributed by atoms with Crippen LogP contribution in [-0.4, -0.2) is 32.7 Å². The lowest BCUT2D eigenvalue weighted by Crippen LogP contribution is -2.43. The van der Waals surface area contributed by atoms with Crippen LogP contribution in [0.4, 0.5) is 0 Å². The van der Waals surface area contributed by atoms with Crippen molar-refractivity contribution in [2.45, 2.75) is 24.9 Å². The van der Waals surface area contributed by atoms with Gasteiger partial charge in [-0.05, 0) is 36.6 Å². The number of methoxy groups -OCH3 is 2. The first-order valence-electron chi connectivity index (χ1n) is 8.86. The summed E-state index contributed by atoms with van der Waals surface area (Å²) in [5.41, 5.74) is 8.38. The van der Waals surface area contributed by atoms with E-state index in [4.69, 9.17) is 21.1 Å². The molecule has 0 saturated carbocycles. The predicted octanol–water partition coefficient (Wildman–Crippen LogP) is 2.62. The van der Waals surface area contributed by atoms with Crippen molar-refractivity contribution in [1.29, 1.82) is 0 Å². The van der Waals surface area contributed by atoms with Crippen LogP contribution in [0.1, 0.15) is 23.6 Å². The van der Waals surface area contributed by atoms with E-state index in [1.54, 1.807) is 14.2 Å². The molecular formula is C20H24ClN3O3. The highest BCUT2D eigenvalue weighted by Crippen LogP contribution is 2.33. The maximum absolute atomic E-state index is 12.4. The zero-order chi connectivity index (χ0) is 19.2. The van der Waals surface area contributed by atoms with Gasteiger partial charge >= 0.3 is 0 Å². The molecule has 1 heterocycles. The molecule has 0 aromatic heterocycles. The van der Waals surface area contributed by atoms with Gasteiger partial charge in [0.15, 0.2) is 0 Å². The second kappa shape index (κ2) is 9.08. The van der Waals surface area contributed by atoms with Gasteiger partial charge in [-0.1, -0.05) is 29.8 Å². The molecule has 1 amide bonds. The number of carbonyl (C=O) groups is 1. The van der Waals surface area contributed by atoms with Gasteiger partial charge in [0, 0.05) is 23.2 Å².